The molecular formula is C16H23FN2O2. The van der Waals surface area contributed by atoms with E-state index < -0.39 is 0 Å². The van der Waals surface area contributed by atoms with Crippen molar-refractivity contribution in [3.8, 4) is 0 Å². The predicted octanol–water partition coefficient (Wildman–Crippen LogP) is 2.48. The Morgan fingerprint density at radius 2 is 2.29 bits per heavy atom. The number of rotatable bonds is 4. The number of carbonyl (C=O) groups is 1. The quantitative estimate of drug-likeness (QED) is 0.799. The third-order valence-corrected chi connectivity index (χ3v) is 4.44. The monoisotopic (exact) mass is 294 g/mol. The van der Waals surface area contributed by atoms with Gasteiger partial charge in [-0.2, -0.15) is 0 Å². The van der Waals surface area contributed by atoms with Crippen LogP contribution in [-0.4, -0.2) is 23.8 Å². The summed E-state index contributed by atoms with van der Waals surface area (Å²) in [6.07, 6.45) is 2.80. The van der Waals surface area contributed by atoms with Crippen molar-refractivity contribution in [1.29, 1.82) is 0 Å². The van der Waals surface area contributed by atoms with Crippen LogP contribution in [0.3, 0.4) is 0 Å². The molecule has 0 heterocycles. The zero-order chi connectivity index (χ0) is 15.5. The van der Waals surface area contributed by atoms with E-state index in [1.54, 1.807) is 19.1 Å². The maximum atomic E-state index is 13.4. The Labute approximate surface area is 124 Å². The van der Waals surface area contributed by atoms with E-state index in [9.17, 15) is 14.3 Å². The first-order chi connectivity index (χ1) is 9.94. The number of amides is 2. The van der Waals surface area contributed by atoms with Crippen LogP contribution in [0.15, 0.2) is 18.2 Å². The van der Waals surface area contributed by atoms with Gasteiger partial charge >= 0.3 is 6.03 Å². The molecule has 2 amide bonds. The summed E-state index contributed by atoms with van der Waals surface area (Å²) < 4.78 is 13.4. The van der Waals surface area contributed by atoms with Crippen LogP contribution in [0.5, 0.6) is 0 Å². The number of benzene rings is 1. The topological polar surface area (TPSA) is 61.4 Å². The molecular weight excluding hydrogens is 271 g/mol. The summed E-state index contributed by atoms with van der Waals surface area (Å²) in [4.78, 5) is 11.9. The van der Waals surface area contributed by atoms with Gasteiger partial charge in [-0.15, -0.1) is 0 Å². The van der Waals surface area contributed by atoms with Gasteiger partial charge in [-0.25, -0.2) is 9.18 Å². The van der Waals surface area contributed by atoms with Gasteiger partial charge in [0.15, 0.2) is 0 Å². The largest absolute Gasteiger partial charge is 0.396 e. The molecule has 21 heavy (non-hydrogen) atoms. The second-order valence-electron chi connectivity index (χ2n) is 6.17. The summed E-state index contributed by atoms with van der Waals surface area (Å²) in [7, 11) is 0. The summed E-state index contributed by atoms with van der Waals surface area (Å²) in [6.45, 7) is 4.04. The second-order valence-corrected chi connectivity index (χ2v) is 6.17. The maximum absolute atomic E-state index is 13.4. The van der Waals surface area contributed by atoms with Gasteiger partial charge in [-0.3, -0.25) is 0 Å². The molecule has 1 fully saturated rings. The number of urea groups is 1. The maximum Gasteiger partial charge on any atom is 0.315 e. The number of hydrogen-bond acceptors (Lipinski definition) is 2. The van der Waals surface area contributed by atoms with Crippen LogP contribution in [0.25, 0.3) is 0 Å². The number of nitrogens with one attached hydrogen (secondary N) is 2. The molecule has 0 saturated heterocycles. The highest BCUT2D eigenvalue weighted by Crippen LogP contribution is 2.37. The number of aliphatic hydroxyl groups is 1. The van der Waals surface area contributed by atoms with Crippen molar-refractivity contribution in [2.75, 3.05) is 6.61 Å². The predicted molar refractivity (Wildman–Crippen MR) is 79.3 cm³/mol. The summed E-state index contributed by atoms with van der Waals surface area (Å²) in [5.74, 6) is -0.265. The van der Waals surface area contributed by atoms with Gasteiger partial charge in [0, 0.05) is 18.0 Å². The van der Waals surface area contributed by atoms with Gasteiger partial charge in [-0.1, -0.05) is 25.5 Å². The van der Waals surface area contributed by atoms with E-state index in [1.807, 2.05) is 6.92 Å². The van der Waals surface area contributed by atoms with E-state index in [0.29, 0.717) is 5.56 Å². The molecule has 1 aliphatic carbocycles. The molecule has 0 aliphatic heterocycles. The van der Waals surface area contributed by atoms with Crippen molar-refractivity contribution in [3.05, 3.63) is 35.1 Å². The summed E-state index contributed by atoms with van der Waals surface area (Å²) in [5.41, 5.74) is 1.07. The zero-order valence-corrected chi connectivity index (χ0v) is 12.6. The standard InChI is InChI=1S/C16H23FN2O2/c1-11-5-6-12(8-13(11)17)9-18-15(21)19-14-4-3-7-16(14,2)10-20/h5-6,8,14,20H,3-4,7,9-10H2,1-2H3,(H2,18,19,21). The van der Waals surface area contributed by atoms with E-state index in [1.165, 1.54) is 6.07 Å². The number of halogens is 1. The van der Waals surface area contributed by atoms with Crippen LogP contribution >= 0.6 is 0 Å². The third-order valence-electron chi connectivity index (χ3n) is 4.44. The van der Waals surface area contributed by atoms with Gasteiger partial charge in [0.2, 0.25) is 0 Å². The summed E-state index contributed by atoms with van der Waals surface area (Å²) >= 11 is 0. The van der Waals surface area contributed by atoms with Crippen molar-refractivity contribution in [1.82, 2.24) is 10.6 Å². The number of aryl methyl sites for hydroxylation is 1. The summed E-state index contributed by atoms with van der Waals surface area (Å²) in [6, 6.07) is 4.64. The van der Waals surface area contributed by atoms with E-state index >= 15 is 0 Å². The molecule has 0 spiro atoms. The minimum Gasteiger partial charge on any atom is -0.396 e. The normalized spacial score (nSPS) is 24.9. The molecule has 1 aromatic carbocycles. The Bertz CT molecular complexity index is 521. The van der Waals surface area contributed by atoms with Crippen molar-refractivity contribution < 1.29 is 14.3 Å². The van der Waals surface area contributed by atoms with E-state index in [4.69, 9.17) is 0 Å². The highest BCUT2D eigenvalue weighted by atomic mass is 19.1. The average molecular weight is 294 g/mol. The first-order valence-electron chi connectivity index (χ1n) is 7.35. The van der Waals surface area contributed by atoms with Crippen LogP contribution in [-0.2, 0) is 6.54 Å². The van der Waals surface area contributed by atoms with Crippen LogP contribution in [0.2, 0.25) is 0 Å². The molecule has 3 N–H and O–H groups in total. The molecule has 0 radical (unpaired) electrons. The molecule has 0 bridgehead atoms. The molecule has 0 aromatic heterocycles. The van der Waals surface area contributed by atoms with Crippen molar-refractivity contribution in [2.45, 2.75) is 45.7 Å². The smallest absolute Gasteiger partial charge is 0.315 e. The van der Waals surface area contributed by atoms with Gasteiger partial charge in [0.25, 0.3) is 0 Å². The molecule has 5 heteroatoms. The first kappa shape index (κ1) is 15.8. The fraction of sp³-hybridized carbons (Fsp3) is 0.562. The van der Waals surface area contributed by atoms with E-state index in [-0.39, 0.29) is 36.5 Å². The van der Waals surface area contributed by atoms with E-state index in [0.717, 1.165) is 24.8 Å². The average Bonchev–Trinajstić information content (AvgIpc) is 2.82. The van der Waals surface area contributed by atoms with Crippen LogP contribution in [0.1, 0.15) is 37.3 Å². The van der Waals surface area contributed by atoms with Crippen molar-refractivity contribution >= 4 is 6.03 Å². The van der Waals surface area contributed by atoms with Crippen molar-refractivity contribution in [2.24, 2.45) is 5.41 Å². The highest BCUT2D eigenvalue weighted by Gasteiger charge is 2.39. The minimum atomic E-state index is -0.275. The summed E-state index contributed by atoms with van der Waals surface area (Å²) in [5, 5.41) is 15.1. The molecule has 1 aliphatic rings. The van der Waals surface area contributed by atoms with E-state index in [2.05, 4.69) is 10.6 Å². The Morgan fingerprint density at radius 1 is 1.52 bits per heavy atom. The molecule has 4 nitrogen and oxygen atoms in total. The second kappa shape index (κ2) is 6.43. The Balaban J connectivity index is 1.86. The zero-order valence-electron chi connectivity index (χ0n) is 12.6. The number of carbonyl (C=O) groups excluding carboxylic acids is 1. The lowest BCUT2D eigenvalue weighted by atomic mass is 9.86. The number of hydrogen-bond donors (Lipinski definition) is 3. The third kappa shape index (κ3) is 3.73. The van der Waals surface area contributed by atoms with Crippen LogP contribution in [0, 0.1) is 18.2 Å². The van der Waals surface area contributed by atoms with Gasteiger partial charge in [-0.05, 0) is 37.0 Å². The Hall–Kier alpha value is -1.62. The Kier molecular flexibility index (Phi) is 4.83. The molecule has 2 rings (SSSR count). The first-order valence-corrected chi connectivity index (χ1v) is 7.35. The lowest BCUT2D eigenvalue weighted by Crippen LogP contribution is -2.48. The van der Waals surface area contributed by atoms with Gasteiger partial charge < -0.3 is 15.7 Å². The van der Waals surface area contributed by atoms with Crippen LogP contribution in [0.4, 0.5) is 9.18 Å². The minimum absolute atomic E-state index is 0.0164. The highest BCUT2D eigenvalue weighted by molar-refractivity contribution is 5.74. The number of aliphatic hydroxyl groups excluding tert-OH is 1. The Morgan fingerprint density at radius 3 is 2.95 bits per heavy atom. The lowest BCUT2D eigenvalue weighted by Gasteiger charge is -2.30. The van der Waals surface area contributed by atoms with Crippen LogP contribution < -0.4 is 10.6 Å². The molecule has 1 aromatic rings. The molecule has 2 atom stereocenters. The molecule has 2 unspecified atom stereocenters. The molecule has 1 saturated carbocycles. The lowest BCUT2D eigenvalue weighted by molar-refractivity contribution is 0.121. The van der Waals surface area contributed by atoms with Gasteiger partial charge in [0.1, 0.15) is 5.82 Å². The molecule has 116 valence electrons. The van der Waals surface area contributed by atoms with Gasteiger partial charge in [0.05, 0.1) is 6.61 Å². The SMILES string of the molecule is Cc1ccc(CNC(=O)NC2CCCC2(C)CO)cc1F. The fourth-order valence-electron chi connectivity index (χ4n) is 2.81. The van der Waals surface area contributed by atoms with Crippen molar-refractivity contribution in [3.63, 3.8) is 0 Å². The fourth-order valence-corrected chi connectivity index (χ4v) is 2.81.